The first-order valence-electron chi connectivity index (χ1n) is 9.63. The zero-order valence-electron chi connectivity index (χ0n) is 16.1. The van der Waals surface area contributed by atoms with Crippen molar-refractivity contribution in [1.82, 2.24) is 9.80 Å². The van der Waals surface area contributed by atoms with Gasteiger partial charge in [-0.3, -0.25) is 9.59 Å². The number of methoxy groups -OCH3 is 1. The van der Waals surface area contributed by atoms with E-state index in [0.29, 0.717) is 19.5 Å². The van der Waals surface area contributed by atoms with Crippen LogP contribution in [0.3, 0.4) is 0 Å². The van der Waals surface area contributed by atoms with Crippen LogP contribution in [0, 0.1) is 0 Å². The number of benzene rings is 1. The minimum absolute atomic E-state index is 0.0279. The van der Waals surface area contributed by atoms with Gasteiger partial charge in [-0.05, 0) is 38.7 Å². The van der Waals surface area contributed by atoms with Crippen LogP contribution in [-0.2, 0) is 20.9 Å². The van der Waals surface area contributed by atoms with Crippen molar-refractivity contribution >= 4 is 11.8 Å². The first kappa shape index (κ1) is 18.9. The van der Waals surface area contributed by atoms with Crippen molar-refractivity contribution in [2.45, 2.75) is 70.2 Å². The van der Waals surface area contributed by atoms with E-state index in [2.05, 4.69) is 12.1 Å². The molecule has 0 bridgehead atoms. The third kappa shape index (κ3) is 3.78. The standard InChI is InChI=1S/C21H30N2O3/c1-21(2,26-3)20(25)22-14-13-18-17(22)11-7-8-12-19(24)23(18)15-16-9-5-4-6-10-16/h4-6,9-10,17-18H,7-8,11-15H2,1-3H3/t17-,18+/m1/s1. The molecule has 5 nitrogen and oxygen atoms in total. The van der Waals surface area contributed by atoms with Gasteiger partial charge in [-0.1, -0.05) is 36.8 Å². The molecule has 0 aromatic heterocycles. The molecule has 2 aliphatic heterocycles. The fraction of sp³-hybridized carbons (Fsp3) is 0.619. The van der Waals surface area contributed by atoms with E-state index in [1.165, 1.54) is 0 Å². The van der Waals surface area contributed by atoms with Crippen LogP contribution in [0.15, 0.2) is 30.3 Å². The van der Waals surface area contributed by atoms with Crippen LogP contribution >= 0.6 is 0 Å². The number of carbonyl (C=O) groups is 2. The number of rotatable bonds is 4. The summed E-state index contributed by atoms with van der Waals surface area (Å²) in [6, 6.07) is 10.3. The number of hydrogen-bond donors (Lipinski definition) is 0. The summed E-state index contributed by atoms with van der Waals surface area (Å²) in [6.45, 7) is 4.95. The van der Waals surface area contributed by atoms with Gasteiger partial charge >= 0.3 is 0 Å². The summed E-state index contributed by atoms with van der Waals surface area (Å²) in [5, 5.41) is 0. The Morgan fingerprint density at radius 1 is 1.15 bits per heavy atom. The van der Waals surface area contributed by atoms with Crippen LogP contribution in [0.2, 0.25) is 0 Å². The molecule has 26 heavy (non-hydrogen) atoms. The largest absolute Gasteiger partial charge is 0.369 e. The van der Waals surface area contributed by atoms with Gasteiger partial charge in [0.25, 0.3) is 5.91 Å². The molecule has 2 aliphatic rings. The molecule has 0 N–H and O–H groups in total. The second kappa shape index (κ2) is 7.78. The van der Waals surface area contributed by atoms with E-state index in [4.69, 9.17) is 4.74 Å². The van der Waals surface area contributed by atoms with Crippen LogP contribution in [0.5, 0.6) is 0 Å². The van der Waals surface area contributed by atoms with Crippen LogP contribution < -0.4 is 0 Å². The average Bonchev–Trinajstić information content (AvgIpc) is 3.04. The highest BCUT2D eigenvalue weighted by molar-refractivity contribution is 5.85. The molecule has 0 spiro atoms. The number of fused-ring (bicyclic) bond motifs is 1. The Morgan fingerprint density at radius 3 is 2.58 bits per heavy atom. The Balaban J connectivity index is 1.84. The highest BCUT2D eigenvalue weighted by Crippen LogP contribution is 2.33. The van der Waals surface area contributed by atoms with Crippen molar-refractivity contribution in [1.29, 1.82) is 0 Å². The number of likely N-dealkylation sites (tertiary alicyclic amines) is 2. The van der Waals surface area contributed by atoms with Gasteiger partial charge in [0.2, 0.25) is 5.91 Å². The monoisotopic (exact) mass is 358 g/mol. The van der Waals surface area contributed by atoms with Crippen molar-refractivity contribution in [2.75, 3.05) is 13.7 Å². The molecule has 0 unspecified atom stereocenters. The minimum atomic E-state index is -0.828. The maximum Gasteiger partial charge on any atom is 0.254 e. The van der Waals surface area contributed by atoms with E-state index in [-0.39, 0.29) is 23.9 Å². The number of nitrogens with zero attached hydrogens (tertiary/aromatic N) is 2. The molecule has 1 aromatic carbocycles. The van der Waals surface area contributed by atoms with Crippen molar-refractivity contribution in [2.24, 2.45) is 0 Å². The quantitative estimate of drug-likeness (QED) is 0.831. The fourth-order valence-electron chi connectivity index (χ4n) is 4.18. The topological polar surface area (TPSA) is 49.9 Å². The summed E-state index contributed by atoms with van der Waals surface area (Å²) in [7, 11) is 1.58. The van der Waals surface area contributed by atoms with Gasteiger partial charge < -0.3 is 14.5 Å². The van der Waals surface area contributed by atoms with Gasteiger partial charge in [-0.2, -0.15) is 0 Å². The Kier molecular flexibility index (Phi) is 5.66. The van der Waals surface area contributed by atoms with Crippen molar-refractivity contribution in [3.05, 3.63) is 35.9 Å². The highest BCUT2D eigenvalue weighted by atomic mass is 16.5. The van der Waals surface area contributed by atoms with Crippen molar-refractivity contribution in [3.8, 4) is 0 Å². The molecule has 2 amide bonds. The molecule has 2 heterocycles. The van der Waals surface area contributed by atoms with Crippen molar-refractivity contribution in [3.63, 3.8) is 0 Å². The highest BCUT2D eigenvalue weighted by Gasteiger charge is 2.45. The second-order valence-corrected chi connectivity index (χ2v) is 7.89. The van der Waals surface area contributed by atoms with Gasteiger partial charge in [0.1, 0.15) is 5.60 Å². The molecular weight excluding hydrogens is 328 g/mol. The van der Waals surface area contributed by atoms with E-state index < -0.39 is 5.60 Å². The first-order chi connectivity index (χ1) is 12.4. The minimum Gasteiger partial charge on any atom is -0.369 e. The molecular formula is C21H30N2O3. The van der Waals surface area contributed by atoms with Crippen molar-refractivity contribution < 1.29 is 14.3 Å². The van der Waals surface area contributed by atoms with Gasteiger partial charge in [-0.25, -0.2) is 0 Å². The zero-order valence-corrected chi connectivity index (χ0v) is 16.1. The maximum atomic E-state index is 13.0. The molecule has 142 valence electrons. The van der Waals surface area contributed by atoms with E-state index in [1.54, 1.807) is 7.11 Å². The third-order valence-corrected chi connectivity index (χ3v) is 5.85. The molecule has 3 rings (SSSR count). The Labute approximate surface area is 156 Å². The molecule has 5 heteroatoms. The predicted octanol–water partition coefficient (Wildman–Crippen LogP) is 2.98. The average molecular weight is 358 g/mol. The van der Waals surface area contributed by atoms with Crippen LogP contribution in [0.25, 0.3) is 0 Å². The predicted molar refractivity (Wildman–Crippen MR) is 100 cm³/mol. The van der Waals surface area contributed by atoms with E-state index in [1.807, 2.05) is 41.8 Å². The first-order valence-corrected chi connectivity index (χ1v) is 9.63. The van der Waals surface area contributed by atoms with Gasteiger partial charge in [0, 0.05) is 26.6 Å². The summed E-state index contributed by atoms with van der Waals surface area (Å²) >= 11 is 0. The van der Waals surface area contributed by atoms with Gasteiger partial charge in [0.05, 0.1) is 12.1 Å². The summed E-state index contributed by atoms with van der Waals surface area (Å²) in [5.41, 5.74) is 0.313. The smallest absolute Gasteiger partial charge is 0.254 e. The number of ether oxygens (including phenoxy) is 1. The summed E-state index contributed by atoms with van der Waals surface area (Å²) < 4.78 is 5.42. The van der Waals surface area contributed by atoms with Crippen LogP contribution in [0.1, 0.15) is 51.5 Å². The molecule has 2 fully saturated rings. The van der Waals surface area contributed by atoms with Gasteiger partial charge in [0.15, 0.2) is 0 Å². The molecule has 0 aliphatic carbocycles. The Hall–Kier alpha value is -1.88. The Bertz CT molecular complexity index is 644. The lowest BCUT2D eigenvalue weighted by atomic mass is 9.95. The molecule has 1 aromatic rings. The van der Waals surface area contributed by atoms with E-state index in [0.717, 1.165) is 31.2 Å². The zero-order chi connectivity index (χ0) is 18.7. The lowest BCUT2D eigenvalue weighted by Gasteiger charge is -2.39. The summed E-state index contributed by atoms with van der Waals surface area (Å²) in [4.78, 5) is 29.8. The lowest BCUT2D eigenvalue weighted by molar-refractivity contribution is -0.153. The van der Waals surface area contributed by atoms with Gasteiger partial charge in [-0.15, -0.1) is 0 Å². The maximum absolute atomic E-state index is 13.0. The lowest BCUT2D eigenvalue weighted by Crippen LogP contribution is -2.53. The summed E-state index contributed by atoms with van der Waals surface area (Å²) in [5.74, 6) is 0.240. The van der Waals surface area contributed by atoms with Crippen LogP contribution in [0.4, 0.5) is 0 Å². The Morgan fingerprint density at radius 2 is 1.88 bits per heavy atom. The summed E-state index contributed by atoms with van der Waals surface area (Å²) in [6.07, 6.45) is 4.28. The molecule has 2 saturated heterocycles. The number of hydrogen-bond acceptors (Lipinski definition) is 3. The normalized spacial score (nSPS) is 24.2. The fourth-order valence-corrected chi connectivity index (χ4v) is 4.18. The van der Waals surface area contributed by atoms with Crippen LogP contribution in [-0.4, -0.2) is 53.0 Å². The molecule has 2 atom stereocenters. The molecule has 0 saturated carbocycles. The second-order valence-electron chi connectivity index (χ2n) is 7.89. The van der Waals surface area contributed by atoms with E-state index in [9.17, 15) is 9.59 Å². The van der Waals surface area contributed by atoms with E-state index >= 15 is 0 Å². The SMILES string of the molecule is COC(C)(C)C(=O)N1CC[C@H]2[C@H]1CCCCC(=O)N2Cc1ccccc1. The number of carbonyl (C=O) groups excluding carboxylic acids is 2. The third-order valence-electron chi connectivity index (χ3n) is 5.85. The molecule has 0 radical (unpaired) electrons. The number of amides is 2.